The molecule has 184 valence electrons. The lowest BCUT2D eigenvalue weighted by atomic mass is 9.83. The highest BCUT2D eigenvalue weighted by atomic mass is 16.1. The zero-order valence-corrected chi connectivity index (χ0v) is 21.4. The van der Waals surface area contributed by atoms with Crippen molar-refractivity contribution in [2.45, 2.75) is 58.8 Å². The van der Waals surface area contributed by atoms with E-state index in [2.05, 4.69) is 67.8 Å². The number of carbonyl (C=O) groups excluding carboxylic acids is 1. The van der Waals surface area contributed by atoms with Gasteiger partial charge < -0.3 is 16.9 Å². The molecule has 1 aliphatic heterocycles. The van der Waals surface area contributed by atoms with Crippen LogP contribution in [0.2, 0.25) is 0 Å². The maximum atomic E-state index is 11.2. The van der Waals surface area contributed by atoms with Crippen molar-refractivity contribution in [3.8, 4) is 0 Å². The summed E-state index contributed by atoms with van der Waals surface area (Å²) in [4.78, 5) is 13.4. The molecule has 0 unspecified atom stereocenters. The minimum Gasteiger partial charge on any atom is -0.369 e. The van der Waals surface area contributed by atoms with Crippen molar-refractivity contribution < 1.29 is 4.79 Å². The van der Waals surface area contributed by atoms with Gasteiger partial charge in [0.1, 0.15) is 0 Å². The number of nitrogens with one attached hydrogen (secondary N) is 1. The third-order valence-electron chi connectivity index (χ3n) is 7.18. The zero-order valence-electron chi connectivity index (χ0n) is 21.4. The first-order chi connectivity index (χ1) is 16.3. The van der Waals surface area contributed by atoms with Gasteiger partial charge >= 0.3 is 0 Å². The van der Waals surface area contributed by atoms with Crippen molar-refractivity contribution in [2.24, 2.45) is 23.3 Å². The lowest BCUT2D eigenvalue weighted by Gasteiger charge is -2.31. The minimum absolute atomic E-state index is 0.237. The fourth-order valence-electron chi connectivity index (χ4n) is 5.11. The first-order valence-electron chi connectivity index (χ1n) is 12.7. The molecule has 0 radical (unpaired) electrons. The monoisotopic (exact) mass is 462 g/mol. The molecule has 0 bridgehead atoms. The number of carbonyl (C=O) groups is 1. The van der Waals surface area contributed by atoms with Crippen molar-refractivity contribution in [3.05, 3.63) is 64.3 Å². The van der Waals surface area contributed by atoms with E-state index < -0.39 is 0 Å². The normalized spacial score (nSPS) is 19.9. The van der Waals surface area contributed by atoms with E-state index in [1.54, 1.807) is 0 Å². The Labute approximate surface area is 205 Å². The van der Waals surface area contributed by atoms with E-state index in [0.717, 1.165) is 38.1 Å². The molecular weight excluding hydrogens is 420 g/mol. The first kappa shape index (κ1) is 26.1. The summed E-state index contributed by atoms with van der Waals surface area (Å²) in [7, 11) is 1.50. The average molecular weight is 463 g/mol. The lowest BCUT2D eigenvalue weighted by molar-refractivity contribution is -0.119. The van der Waals surface area contributed by atoms with E-state index in [1.165, 1.54) is 53.3 Å². The average Bonchev–Trinajstić information content (AvgIpc) is 3.66. The van der Waals surface area contributed by atoms with E-state index in [4.69, 9.17) is 11.1 Å². The van der Waals surface area contributed by atoms with Crippen LogP contribution in [0.4, 0.5) is 0 Å². The van der Waals surface area contributed by atoms with E-state index in [-0.39, 0.29) is 5.91 Å². The number of allylic oxidation sites excluding steroid dienone is 6. The van der Waals surface area contributed by atoms with Gasteiger partial charge in [-0.1, -0.05) is 44.2 Å². The molecule has 1 saturated heterocycles. The van der Waals surface area contributed by atoms with Crippen LogP contribution >= 0.6 is 0 Å². The number of nitrogens with two attached hydrogens (primary N) is 2. The van der Waals surface area contributed by atoms with Gasteiger partial charge in [0.25, 0.3) is 0 Å². The molecule has 5 N–H and O–H groups in total. The van der Waals surface area contributed by atoms with E-state index >= 15 is 0 Å². The van der Waals surface area contributed by atoms with Crippen molar-refractivity contribution in [3.63, 3.8) is 0 Å². The van der Waals surface area contributed by atoms with Gasteiger partial charge in [-0.25, -0.2) is 0 Å². The van der Waals surface area contributed by atoms with Gasteiger partial charge in [0.05, 0.1) is 6.54 Å². The second-order valence-corrected chi connectivity index (χ2v) is 10.1. The van der Waals surface area contributed by atoms with Crippen LogP contribution in [-0.4, -0.2) is 43.2 Å². The van der Waals surface area contributed by atoms with E-state index in [9.17, 15) is 4.79 Å². The van der Waals surface area contributed by atoms with Gasteiger partial charge in [-0.3, -0.25) is 9.69 Å². The molecule has 34 heavy (non-hydrogen) atoms. The van der Waals surface area contributed by atoms with Crippen LogP contribution in [0.5, 0.6) is 0 Å². The predicted molar refractivity (Wildman–Crippen MR) is 143 cm³/mol. The Morgan fingerprint density at radius 2 is 1.82 bits per heavy atom. The quantitative estimate of drug-likeness (QED) is 0.534. The summed E-state index contributed by atoms with van der Waals surface area (Å²) in [6.07, 6.45) is 12.2. The summed E-state index contributed by atoms with van der Waals surface area (Å²) < 4.78 is 0. The number of nitrogens with zero attached hydrogens (tertiary/aromatic N) is 1. The molecule has 1 aromatic rings. The summed E-state index contributed by atoms with van der Waals surface area (Å²) in [6, 6.07) is 6.97. The molecular formula is C29H42N4O. The third-order valence-corrected chi connectivity index (χ3v) is 7.18. The number of primary amides is 1. The summed E-state index contributed by atoms with van der Waals surface area (Å²) in [5.41, 5.74) is 18.6. The lowest BCUT2D eigenvalue weighted by Crippen LogP contribution is -2.39. The molecule has 1 aromatic carbocycles. The van der Waals surface area contributed by atoms with Crippen LogP contribution in [-0.2, 0) is 4.79 Å². The maximum absolute atomic E-state index is 11.2. The molecule has 5 heteroatoms. The molecule has 1 heterocycles. The van der Waals surface area contributed by atoms with E-state index in [0.29, 0.717) is 24.3 Å². The Hall–Kier alpha value is -2.50. The SMILES string of the molecule is CN.Cc1ccc(C2CCN(CC(N)=O)CC2)cc1/C(=C/C1=CCC(=N)C(C2CC2)=C1)C(C)C. The minimum atomic E-state index is -0.237. The Balaban J connectivity index is 0.00000158. The molecule has 0 spiro atoms. The van der Waals surface area contributed by atoms with Crippen LogP contribution in [0.3, 0.4) is 0 Å². The Bertz CT molecular complexity index is 989. The molecule has 2 fully saturated rings. The standard InChI is InChI=1S/C28H37N3O.CH5N/c1-18(2)24(14-20-5-9-27(29)26(15-20)22-7-8-22)25-16-23(6-4-19(25)3)21-10-12-31(13-11-21)17-28(30)32;1-2/h4-6,14-16,18,21-22,29H,7-13,17H2,1-3H3,(H2,30,32);2H2,1H3/b24-14+,29-27?;. The Morgan fingerprint density at radius 1 is 1.15 bits per heavy atom. The molecule has 2 aliphatic carbocycles. The number of benzene rings is 1. The second-order valence-electron chi connectivity index (χ2n) is 10.1. The number of hydrogen-bond donors (Lipinski definition) is 3. The van der Waals surface area contributed by atoms with Crippen LogP contribution in [0.15, 0.2) is 47.6 Å². The molecule has 0 aromatic heterocycles. The summed E-state index contributed by atoms with van der Waals surface area (Å²) in [5.74, 6) is 1.33. The fourth-order valence-corrected chi connectivity index (χ4v) is 5.11. The summed E-state index contributed by atoms with van der Waals surface area (Å²) >= 11 is 0. The molecule has 1 saturated carbocycles. The summed E-state index contributed by atoms with van der Waals surface area (Å²) in [5, 5.41) is 8.30. The molecule has 3 aliphatic rings. The van der Waals surface area contributed by atoms with E-state index in [1.807, 2.05) is 0 Å². The molecule has 0 atom stereocenters. The smallest absolute Gasteiger partial charge is 0.231 e. The summed E-state index contributed by atoms with van der Waals surface area (Å²) in [6.45, 7) is 8.99. The topological polar surface area (TPSA) is 96.2 Å². The van der Waals surface area contributed by atoms with Crippen LogP contribution in [0.25, 0.3) is 5.57 Å². The number of likely N-dealkylation sites (tertiary alicyclic amines) is 1. The highest BCUT2D eigenvalue weighted by Crippen LogP contribution is 2.40. The van der Waals surface area contributed by atoms with Gasteiger partial charge in [-0.05, 0) is 110 Å². The van der Waals surface area contributed by atoms with Crippen LogP contribution < -0.4 is 11.5 Å². The zero-order chi connectivity index (χ0) is 24.8. The predicted octanol–water partition coefficient (Wildman–Crippen LogP) is 4.96. The Kier molecular flexibility index (Phi) is 9.03. The fraction of sp³-hybridized carbons (Fsp3) is 0.517. The highest BCUT2D eigenvalue weighted by molar-refractivity contribution is 6.01. The molecule has 5 nitrogen and oxygen atoms in total. The first-order valence-corrected chi connectivity index (χ1v) is 12.7. The van der Waals surface area contributed by atoms with Gasteiger partial charge in [-0.15, -0.1) is 0 Å². The van der Waals surface area contributed by atoms with Crippen LogP contribution in [0, 0.1) is 24.2 Å². The number of amides is 1. The van der Waals surface area contributed by atoms with Crippen LogP contribution in [0.1, 0.15) is 68.6 Å². The number of aryl methyl sites for hydroxylation is 1. The maximum Gasteiger partial charge on any atom is 0.231 e. The van der Waals surface area contributed by atoms with Crippen molar-refractivity contribution in [1.29, 1.82) is 5.41 Å². The van der Waals surface area contributed by atoms with Crippen molar-refractivity contribution in [1.82, 2.24) is 4.90 Å². The van der Waals surface area contributed by atoms with Crippen molar-refractivity contribution >= 4 is 17.2 Å². The number of piperidine rings is 1. The van der Waals surface area contributed by atoms with Gasteiger partial charge in [0, 0.05) is 12.1 Å². The largest absolute Gasteiger partial charge is 0.369 e. The molecule has 4 rings (SSSR count). The van der Waals surface area contributed by atoms with Gasteiger partial charge in [0.2, 0.25) is 5.91 Å². The second kappa shape index (κ2) is 11.8. The third kappa shape index (κ3) is 6.55. The highest BCUT2D eigenvalue weighted by Gasteiger charge is 2.29. The Morgan fingerprint density at radius 3 is 2.41 bits per heavy atom. The van der Waals surface area contributed by atoms with Gasteiger partial charge in [-0.2, -0.15) is 0 Å². The number of rotatable bonds is 7. The van der Waals surface area contributed by atoms with Gasteiger partial charge in [0.15, 0.2) is 0 Å². The number of hydrogen-bond acceptors (Lipinski definition) is 4. The molecule has 1 amide bonds. The van der Waals surface area contributed by atoms with Crippen molar-refractivity contribution in [2.75, 3.05) is 26.7 Å².